The third-order valence-corrected chi connectivity index (χ3v) is 2.42. The minimum atomic E-state index is -0.851. The molecule has 0 spiro atoms. The van der Waals surface area contributed by atoms with E-state index in [1.54, 1.807) is 6.20 Å². The van der Waals surface area contributed by atoms with Crippen LogP contribution in [0.2, 0.25) is 5.15 Å². The summed E-state index contributed by atoms with van der Waals surface area (Å²) >= 11 is 5.97. The molecule has 1 aromatic heterocycles. The van der Waals surface area contributed by atoms with Gasteiger partial charge in [0.25, 0.3) is 0 Å². The van der Waals surface area contributed by atoms with Crippen LogP contribution in [0.3, 0.4) is 0 Å². The molecule has 1 heterocycles. The van der Waals surface area contributed by atoms with Crippen molar-refractivity contribution in [1.29, 1.82) is 0 Å². The van der Waals surface area contributed by atoms with Crippen molar-refractivity contribution in [3.05, 3.63) is 22.7 Å². The van der Waals surface area contributed by atoms with Crippen molar-refractivity contribution in [2.45, 2.75) is 39.0 Å². The summed E-state index contributed by atoms with van der Waals surface area (Å²) in [6, 6.07) is 0. The molecule has 0 saturated heterocycles. The lowest BCUT2D eigenvalue weighted by Crippen LogP contribution is -2.16. The largest absolute Gasteiger partial charge is 0.481 e. The minimum Gasteiger partial charge on any atom is -0.481 e. The van der Waals surface area contributed by atoms with Crippen LogP contribution in [0, 0.1) is 0 Å². The summed E-state index contributed by atoms with van der Waals surface area (Å²) in [5, 5.41) is 8.91. The van der Waals surface area contributed by atoms with Crippen molar-refractivity contribution < 1.29 is 9.90 Å². The number of aryl methyl sites for hydroxylation is 1. The number of nitrogens with zero attached hydrogens (tertiary/aromatic N) is 2. The molecule has 0 aliphatic carbocycles. The van der Waals surface area contributed by atoms with Gasteiger partial charge >= 0.3 is 5.97 Å². The second-order valence-corrected chi connectivity index (χ2v) is 5.01. The Bertz CT molecular complexity index is 399. The van der Waals surface area contributed by atoms with Crippen molar-refractivity contribution in [3.8, 4) is 0 Å². The van der Waals surface area contributed by atoms with Gasteiger partial charge in [0.05, 0.1) is 0 Å². The highest BCUT2D eigenvalue weighted by Gasteiger charge is 2.18. The summed E-state index contributed by atoms with van der Waals surface area (Å²) in [5.74, 6) is -0.187. The Morgan fingerprint density at radius 3 is 2.56 bits per heavy atom. The fourth-order valence-corrected chi connectivity index (χ4v) is 1.38. The second kappa shape index (κ2) is 4.78. The van der Waals surface area contributed by atoms with Crippen molar-refractivity contribution in [2.75, 3.05) is 0 Å². The fraction of sp³-hybridized carbons (Fsp3) is 0.545. The Morgan fingerprint density at radius 2 is 2.12 bits per heavy atom. The number of aliphatic carboxylic acids is 1. The molecule has 1 aromatic rings. The zero-order chi connectivity index (χ0) is 12.3. The summed E-state index contributed by atoms with van der Waals surface area (Å²) in [6.07, 6.45) is 2.01. The molecule has 1 N–H and O–H groups in total. The Morgan fingerprint density at radius 1 is 1.50 bits per heavy atom. The minimum absolute atomic E-state index is 0.0396. The van der Waals surface area contributed by atoms with E-state index in [9.17, 15) is 4.79 Å². The van der Waals surface area contributed by atoms with Crippen LogP contribution >= 0.6 is 11.6 Å². The highest BCUT2D eigenvalue weighted by atomic mass is 35.5. The van der Waals surface area contributed by atoms with Crippen LogP contribution in [0.1, 0.15) is 38.6 Å². The number of hydrogen-bond donors (Lipinski definition) is 1. The lowest BCUT2D eigenvalue weighted by molar-refractivity contribution is -0.136. The molecule has 0 atom stereocenters. The van der Waals surface area contributed by atoms with Crippen LogP contribution in [-0.4, -0.2) is 21.0 Å². The molecule has 0 fully saturated rings. The smallest absolute Gasteiger partial charge is 0.303 e. The van der Waals surface area contributed by atoms with Crippen LogP contribution in [-0.2, 0) is 16.6 Å². The van der Waals surface area contributed by atoms with Gasteiger partial charge in [-0.15, -0.1) is 0 Å². The maximum Gasteiger partial charge on any atom is 0.303 e. The number of carboxylic acids is 1. The number of hydrogen-bond acceptors (Lipinski definition) is 3. The van der Waals surface area contributed by atoms with Crippen molar-refractivity contribution >= 4 is 17.6 Å². The van der Waals surface area contributed by atoms with Crippen LogP contribution in [0.5, 0.6) is 0 Å². The lowest BCUT2D eigenvalue weighted by Gasteiger charge is -2.16. The molecule has 0 amide bonds. The Labute approximate surface area is 99.7 Å². The van der Waals surface area contributed by atoms with Crippen LogP contribution in [0.25, 0.3) is 0 Å². The maximum absolute atomic E-state index is 10.4. The van der Waals surface area contributed by atoms with Crippen molar-refractivity contribution in [3.63, 3.8) is 0 Å². The number of aromatic nitrogens is 2. The Kier molecular flexibility index (Phi) is 3.86. The molecule has 0 unspecified atom stereocenters. The second-order valence-electron chi connectivity index (χ2n) is 4.65. The average Bonchev–Trinajstić information content (AvgIpc) is 2.14. The van der Waals surface area contributed by atoms with Gasteiger partial charge in [0.1, 0.15) is 11.0 Å². The molecule has 88 valence electrons. The predicted octanol–water partition coefficient (Wildman–Crippen LogP) is 2.44. The molecule has 0 aromatic carbocycles. The van der Waals surface area contributed by atoms with Crippen molar-refractivity contribution in [1.82, 2.24) is 9.97 Å². The molecule has 5 heteroatoms. The summed E-state index contributed by atoms with van der Waals surface area (Å²) in [4.78, 5) is 18.8. The first-order valence-corrected chi connectivity index (χ1v) is 5.42. The van der Waals surface area contributed by atoms with E-state index in [0.29, 0.717) is 23.0 Å². The average molecular weight is 243 g/mol. The first-order valence-electron chi connectivity index (χ1n) is 5.04. The maximum atomic E-state index is 10.4. The van der Waals surface area contributed by atoms with E-state index in [-0.39, 0.29) is 11.8 Å². The van der Waals surface area contributed by atoms with E-state index >= 15 is 0 Å². The van der Waals surface area contributed by atoms with Gasteiger partial charge in [0.2, 0.25) is 0 Å². The molecule has 0 saturated carbocycles. The number of halogens is 1. The molecular formula is C11H15ClN2O2. The molecular weight excluding hydrogens is 228 g/mol. The summed E-state index contributed by atoms with van der Waals surface area (Å²) in [5.41, 5.74) is 0.520. The van der Waals surface area contributed by atoms with E-state index in [2.05, 4.69) is 9.97 Å². The van der Waals surface area contributed by atoms with Gasteiger partial charge in [-0.2, -0.15) is 0 Å². The number of carbonyl (C=O) groups is 1. The van der Waals surface area contributed by atoms with E-state index in [1.807, 2.05) is 20.8 Å². The molecule has 0 aliphatic rings. The highest BCUT2D eigenvalue weighted by molar-refractivity contribution is 6.30. The summed E-state index contributed by atoms with van der Waals surface area (Å²) in [7, 11) is 0. The Hall–Kier alpha value is -1.16. The van der Waals surface area contributed by atoms with Gasteiger partial charge in [0.15, 0.2) is 0 Å². The summed E-state index contributed by atoms with van der Waals surface area (Å²) in [6.45, 7) is 5.99. The highest BCUT2D eigenvalue weighted by Crippen LogP contribution is 2.21. The van der Waals surface area contributed by atoms with Gasteiger partial charge in [-0.3, -0.25) is 4.79 Å². The van der Waals surface area contributed by atoms with E-state index in [1.165, 1.54) is 0 Å². The van der Waals surface area contributed by atoms with Crippen LogP contribution in [0.15, 0.2) is 6.20 Å². The normalized spacial score (nSPS) is 11.5. The van der Waals surface area contributed by atoms with Crippen LogP contribution < -0.4 is 0 Å². The SMILES string of the molecule is CC(C)(C)c1ncc(CCC(=O)O)c(Cl)n1. The van der Waals surface area contributed by atoms with E-state index in [0.717, 1.165) is 0 Å². The topological polar surface area (TPSA) is 63.1 Å². The molecule has 0 radical (unpaired) electrons. The zero-order valence-electron chi connectivity index (χ0n) is 9.62. The molecule has 4 nitrogen and oxygen atoms in total. The first-order chi connectivity index (χ1) is 7.30. The fourth-order valence-electron chi connectivity index (χ4n) is 1.16. The molecule has 0 bridgehead atoms. The van der Waals surface area contributed by atoms with Gasteiger partial charge in [-0.1, -0.05) is 32.4 Å². The number of carboxylic acid groups (broad SMARTS) is 1. The van der Waals surface area contributed by atoms with E-state index in [4.69, 9.17) is 16.7 Å². The predicted molar refractivity (Wildman–Crippen MR) is 61.7 cm³/mol. The Balaban J connectivity index is 2.88. The third kappa shape index (κ3) is 3.45. The van der Waals surface area contributed by atoms with E-state index < -0.39 is 5.97 Å². The standard InChI is InChI=1S/C11H15ClN2O2/c1-11(2,3)10-13-6-7(9(12)14-10)4-5-8(15)16/h6H,4-5H2,1-3H3,(H,15,16). The number of rotatable bonds is 3. The van der Waals surface area contributed by atoms with Gasteiger partial charge < -0.3 is 5.11 Å². The molecule has 16 heavy (non-hydrogen) atoms. The summed E-state index contributed by atoms with van der Waals surface area (Å²) < 4.78 is 0. The third-order valence-electron chi connectivity index (χ3n) is 2.09. The van der Waals surface area contributed by atoms with Crippen LogP contribution in [0.4, 0.5) is 0 Å². The first kappa shape index (κ1) is 12.9. The molecule has 1 rings (SSSR count). The molecule has 0 aliphatic heterocycles. The zero-order valence-corrected chi connectivity index (χ0v) is 10.4. The quantitative estimate of drug-likeness (QED) is 0.827. The monoisotopic (exact) mass is 242 g/mol. The van der Waals surface area contributed by atoms with Gasteiger partial charge in [-0.05, 0) is 6.42 Å². The lowest BCUT2D eigenvalue weighted by atomic mass is 9.95. The van der Waals surface area contributed by atoms with Gasteiger partial charge in [0, 0.05) is 23.6 Å². The van der Waals surface area contributed by atoms with Gasteiger partial charge in [-0.25, -0.2) is 9.97 Å². The van der Waals surface area contributed by atoms with Crippen molar-refractivity contribution in [2.24, 2.45) is 0 Å².